The van der Waals surface area contributed by atoms with Crippen molar-refractivity contribution in [1.82, 2.24) is 24.3 Å². The molecule has 44 heavy (non-hydrogen) atoms. The molecule has 0 atom stereocenters. The maximum absolute atomic E-state index is 12.0. The van der Waals surface area contributed by atoms with Crippen LogP contribution < -0.4 is 10.5 Å². The molecule has 2 aromatic heterocycles. The van der Waals surface area contributed by atoms with Crippen LogP contribution in [-0.4, -0.2) is 73.7 Å². The van der Waals surface area contributed by atoms with Crippen molar-refractivity contribution in [2.45, 2.75) is 43.9 Å². The lowest BCUT2D eigenvalue weighted by Crippen LogP contribution is -2.55. The van der Waals surface area contributed by atoms with Crippen molar-refractivity contribution in [3.8, 4) is 34.5 Å². The fraction of sp³-hybridized carbons (Fsp3) is 0.343. The zero-order chi connectivity index (χ0) is 30.2. The quantitative estimate of drug-likeness (QED) is 0.250. The normalized spacial score (nSPS) is 20.8. The number of fused-ring (bicyclic) bond motifs is 1. The summed E-state index contributed by atoms with van der Waals surface area (Å²) < 4.78 is 8.20. The van der Waals surface area contributed by atoms with Crippen LogP contribution in [0, 0.1) is 17.8 Å². The van der Waals surface area contributed by atoms with Crippen LogP contribution in [0.5, 0.6) is 11.5 Å². The standard InChI is InChI=1S/C35H36N6O3/c1-2-31(43)39-16-14-25(15-17-39)40-20-23(21-40)8-13-30-32(24-9-11-29(12-10-24)44-28-6-4-3-5-7-28)33-34(36)37-22-38-35(33)41(30)26-18-27(42)19-26/h2-7,9-12,22-23,25-27,42H,1,14-21H2,(H2,36,37,38)/t26-,27+. The largest absolute Gasteiger partial charge is 0.457 e. The summed E-state index contributed by atoms with van der Waals surface area (Å²) in [6.07, 6.45) is 5.82. The molecule has 0 radical (unpaired) electrons. The van der Waals surface area contributed by atoms with Crippen molar-refractivity contribution >= 4 is 22.8 Å². The number of nitrogen functional groups attached to an aromatic ring is 1. The second kappa shape index (κ2) is 11.8. The van der Waals surface area contributed by atoms with Gasteiger partial charge in [0.15, 0.2) is 0 Å². The maximum atomic E-state index is 12.0. The highest BCUT2D eigenvalue weighted by atomic mass is 16.5. The van der Waals surface area contributed by atoms with Crippen molar-refractivity contribution < 1.29 is 14.6 Å². The van der Waals surface area contributed by atoms with Gasteiger partial charge in [-0.3, -0.25) is 9.69 Å². The SMILES string of the molecule is C=CC(=O)N1CCC(N2CC(C#Cc3c(-c4ccc(Oc5ccccc5)cc4)c4c(N)ncnc4n3[C@H]3C[C@@H](O)C3)C2)CC1. The summed E-state index contributed by atoms with van der Waals surface area (Å²) in [5.74, 6) is 9.30. The molecule has 2 saturated heterocycles. The molecule has 3 N–H and O–H groups in total. The molecule has 224 valence electrons. The van der Waals surface area contributed by atoms with Crippen molar-refractivity contribution in [3.63, 3.8) is 0 Å². The number of likely N-dealkylation sites (tertiary alicyclic amines) is 2. The lowest BCUT2D eigenvalue weighted by Gasteiger charge is -2.45. The lowest BCUT2D eigenvalue weighted by atomic mass is 9.89. The summed E-state index contributed by atoms with van der Waals surface area (Å²) in [6, 6.07) is 18.2. The molecule has 4 heterocycles. The number of nitrogens with two attached hydrogens (primary N) is 1. The minimum Gasteiger partial charge on any atom is -0.457 e. The zero-order valence-electron chi connectivity index (χ0n) is 24.6. The number of aliphatic hydroxyl groups is 1. The molecule has 9 heteroatoms. The Balaban J connectivity index is 1.18. The van der Waals surface area contributed by atoms with Crippen molar-refractivity contribution in [2.24, 2.45) is 5.92 Å². The van der Waals surface area contributed by atoms with Crippen molar-refractivity contribution in [2.75, 3.05) is 31.9 Å². The van der Waals surface area contributed by atoms with Gasteiger partial charge in [-0.2, -0.15) is 0 Å². The lowest BCUT2D eigenvalue weighted by molar-refractivity contribution is -0.127. The van der Waals surface area contributed by atoms with Gasteiger partial charge >= 0.3 is 0 Å². The van der Waals surface area contributed by atoms with Crippen molar-refractivity contribution in [1.29, 1.82) is 0 Å². The molecule has 1 saturated carbocycles. The van der Waals surface area contributed by atoms with Gasteiger partial charge in [0.1, 0.15) is 35.0 Å². The van der Waals surface area contributed by atoms with Crippen LogP contribution in [0.2, 0.25) is 0 Å². The van der Waals surface area contributed by atoms with Gasteiger partial charge in [0.05, 0.1) is 11.5 Å². The van der Waals surface area contributed by atoms with Crippen molar-refractivity contribution in [3.05, 3.63) is 79.3 Å². The molecule has 3 fully saturated rings. The van der Waals surface area contributed by atoms with E-state index in [1.165, 1.54) is 12.4 Å². The maximum Gasteiger partial charge on any atom is 0.245 e. The third-order valence-corrected chi connectivity index (χ3v) is 9.16. The molecule has 0 bridgehead atoms. The summed E-state index contributed by atoms with van der Waals surface area (Å²) in [5, 5.41) is 11.0. The number of para-hydroxylation sites is 1. The van der Waals surface area contributed by atoms with Crippen LogP contribution in [0.25, 0.3) is 22.2 Å². The highest BCUT2D eigenvalue weighted by Gasteiger charge is 2.36. The Morgan fingerprint density at radius 3 is 2.39 bits per heavy atom. The van der Waals surface area contributed by atoms with E-state index in [0.29, 0.717) is 24.7 Å². The monoisotopic (exact) mass is 588 g/mol. The summed E-state index contributed by atoms with van der Waals surface area (Å²) in [5.41, 5.74) is 9.97. The number of ether oxygens (including phenoxy) is 1. The second-order valence-electron chi connectivity index (χ2n) is 12.0. The average molecular weight is 589 g/mol. The predicted molar refractivity (Wildman–Crippen MR) is 170 cm³/mol. The number of nitrogens with zero attached hydrogens (tertiary/aromatic N) is 5. The van der Waals surface area contributed by atoms with E-state index in [0.717, 1.165) is 78.4 Å². The third kappa shape index (κ3) is 5.32. The van der Waals surface area contributed by atoms with Gasteiger partial charge in [0.2, 0.25) is 5.91 Å². The van der Waals surface area contributed by atoms with Crippen LogP contribution in [0.3, 0.4) is 0 Å². The Kier molecular flexibility index (Phi) is 7.54. The average Bonchev–Trinajstić information content (AvgIpc) is 3.34. The van der Waals surface area contributed by atoms with Gasteiger partial charge in [-0.1, -0.05) is 42.8 Å². The first-order valence-electron chi connectivity index (χ1n) is 15.3. The molecule has 1 amide bonds. The van der Waals surface area contributed by atoms with E-state index in [2.05, 4.69) is 37.9 Å². The van der Waals surface area contributed by atoms with E-state index in [-0.39, 0.29) is 24.0 Å². The number of piperidine rings is 1. The Bertz CT molecular complexity index is 1740. The molecule has 1 aliphatic carbocycles. The molecule has 2 aromatic carbocycles. The van der Waals surface area contributed by atoms with Crippen LogP contribution in [0.15, 0.2) is 73.6 Å². The Morgan fingerprint density at radius 2 is 1.70 bits per heavy atom. The molecular formula is C35H36N6O3. The molecule has 2 aliphatic heterocycles. The number of benzene rings is 2. The number of amides is 1. The summed E-state index contributed by atoms with van der Waals surface area (Å²) >= 11 is 0. The van der Waals surface area contributed by atoms with Crippen LogP contribution in [0.4, 0.5) is 5.82 Å². The first-order chi connectivity index (χ1) is 21.5. The van der Waals surface area contributed by atoms with E-state index < -0.39 is 0 Å². The third-order valence-electron chi connectivity index (χ3n) is 9.16. The summed E-state index contributed by atoms with van der Waals surface area (Å²) in [6.45, 7) is 6.99. The summed E-state index contributed by atoms with van der Waals surface area (Å²) in [7, 11) is 0. The van der Waals surface area contributed by atoms with Gasteiger partial charge in [-0.05, 0) is 67.5 Å². The number of carbonyl (C=O) groups excluding carboxylic acids is 1. The molecule has 9 nitrogen and oxygen atoms in total. The minimum atomic E-state index is -0.330. The van der Waals surface area contributed by atoms with Gasteiger partial charge in [0, 0.05) is 49.7 Å². The fourth-order valence-corrected chi connectivity index (χ4v) is 6.65. The topological polar surface area (TPSA) is 110 Å². The molecule has 4 aromatic rings. The number of hydrogen-bond donors (Lipinski definition) is 2. The molecule has 0 spiro atoms. The Labute approximate surface area is 257 Å². The smallest absolute Gasteiger partial charge is 0.245 e. The molecule has 0 unspecified atom stereocenters. The van der Waals surface area contributed by atoms with Crippen LogP contribution >= 0.6 is 0 Å². The van der Waals surface area contributed by atoms with Gasteiger partial charge in [-0.15, -0.1) is 0 Å². The number of anilines is 1. The van der Waals surface area contributed by atoms with E-state index in [1.54, 1.807) is 0 Å². The highest BCUT2D eigenvalue weighted by Crippen LogP contribution is 2.43. The number of aromatic nitrogens is 3. The summed E-state index contributed by atoms with van der Waals surface area (Å²) in [4.78, 5) is 25.3. The number of carbonyl (C=O) groups is 1. The Morgan fingerprint density at radius 1 is 1.00 bits per heavy atom. The zero-order valence-corrected chi connectivity index (χ0v) is 24.6. The number of aliphatic hydroxyl groups excluding tert-OH is 1. The number of hydrogen-bond acceptors (Lipinski definition) is 7. The number of rotatable bonds is 6. The van der Waals surface area contributed by atoms with Gasteiger partial charge < -0.3 is 25.0 Å². The van der Waals surface area contributed by atoms with E-state index in [1.807, 2.05) is 59.5 Å². The van der Waals surface area contributed by atoms with Gasteiger partial charge in [0.25, 0.3) is 0 Å². The molecule has 7 rings (SSSR count). The minimum absolute atomic E-state index is 0.0182. The van der Waals surface area contributed by atoms with E-state index >= 15 is 0 Å². The second-order valence-corrected chi connectivity index (χ2v) is 12.0. The van der Waals surface area contributed by atoms with Crippen LogP contribution in [-0.2, 0) is 4.79 Å². The predicted octanol–water partition coefficient (Wildman–Crippen LogP) is 4.63. The van der Waals surface area contributed by atoms with E-state index in [9.17, 15) is 9.90 Å². The Hall–Kier alpha value is -4.65. The van der Waals surface area contributed by atoms with E-state index in [4.69, 9.17) is 10.5 Å². The molecular weight excluding hydrogens is 552 g/mol. The fourth-order valence-electron chi connectivity index (χ4n) is 6.65. The first kappa shape index (κ1) is 28.1. The first-order valence-corrected chi connectivity index (χ1v) is 15.3. The highest BCUT2D eigenvalue weighted by molar-refractivity contribution is 6.03. The van der Waals surface area contributed by atoms with Crippen LogP contribution in [0.1, 0.15) is 37.4 Å². The van der Waals surface area contributed by atoms with Gasteiger partial charge in [-0.25, -0.2) is 9.97 Å². The molecule has 3 aliphatic rings.